The number of benzene rings is 1. The van der Waals surface area contributed by atoms with Gasteiger partial charge < -0.3 is 0 Å². The van der Waals surface area contributed by atoms with Gasteiger partial charge in [0.15, 0.2) is 5.78 Å². The summed E-state index contributed by atoms with van der Waals surface area (Å²) in [5.74, 6) is -1.05. The van der Waals surface area contributed by atoms with Crippen molar-refractivity contribution in [3.63, 3.8) is 0 Å². The number of halogens is 2. The van der Waals surface area contributed by atoms with E-state index in [0.29, 0.717) is 20.5 Å². The van der Waals surface area contributed by atoms with Gasteiger partial charge in [-0.2, -0.15) is 5.26 Å². The van der Waals surface area contributed by atoms with Gasteiger partial charge in [0.2, 0.25) is 0 Å². The summed E-state index contributed by atoms with van der Waals surface area (Å²) in [4.78, 5) is 14.1. The van der Waals surface area contributed by atoms with Crippen LogP contribution in [-0.4, -0.2) is 5.78 Å². The number of ketones is 1. The SMILES string of the molecule is CCc1ccc(C(=O)C(C#N)c2ccc(Cl)c(Cl)c2)s1. The Bertz CT molecular complexity index is 687. The minimum absolute atomic E-state index is 0.199. The average Bonchev–Trinajstić information content (AvgIpc) is 2.92. The summed E-state index contributed by atoms with van der Waals surface area (Å²) in [6, 6.07) is 10.6. The molecular formula is C15H11Cl2NOS. The maximum atomic E-state index is 12.4. The number of carbonyl (C=O) groups is 1. The van der Waals surface area contributed by atoms with Crippen molar-refractivity contribution in [1.29, 1.82) is 5.26 Å². The van der Waals surface area contributed by atoms with Crippen LogP contribution in [0.4, 0.5) is 0 Å². The summed E-state index contributed by atoms with van der Waals surface area (Å²) in [7, 11) is 0. The smallest absolute Gasteiger partial charge is 0.194 e. The number of aryl methyl sites for hydroxylation is 1. The summed E-state index contributed by atoms with van der Waals surface area (Å²) in [6.45, 7) is 2.03. The Morgan fingerprint density at radius 3 is 2.60 bits per heavy atom. The first-order valence-electron chi connectivity index (χ1n) is 6.04. The van der Waals surface area contributed by atoms with Gasteiger partial charge in [0.1, 0.15) is 5.92 Å². The molecule has 2 rings (SSSR count). The minimum Gasteiger partial charge on any atom is -0.291 e. The fourth-order valence-electron chi connectivity index (χ4n) is 1.82. The Morgan fingerprint density at radius 2 is 2.05 bits per heavy atom. The lowest BCUT2D eigenvalue weighted by molar-refractivity contribution is 0.0983. The predicted octanol–water partition coefficient (Wildman–Crippen LogP) is 5.11. The second kappa shape index (κ2) is 6.41. The molecule has 1 aromatic carbocycles. The van der Waals surface area contributed by atoms with Crippen LogP contribution in [-0.2, 0) is 6.42 Å². The maximum absolute atomic E-state index is 12.4. The number of hydrogen-bond acceptors (Lipinski definition) is 3. The molecule has 0 amide bonds. The van der Waals surface area contributed by atoms with Crippen molar-refractivity contribution >= 4 is 40.3 Å². The molecule has 0 spiro atoms. The van der Waals surface area contributed by atoms with Crippen LogP contribution < -0.4 is 0 Å². The monoisotopic (exact) mass is 323 g/mol. The first-order valence-corrected chi connectivity index (χ1v) is 7.61. The van der Waals surface area contributed by atoms with E-state index >= 15 is 0 Å². The van der Waals surface area contributed by atoms with Crippen LogP contribution in [0.2, 0.25) is 10.0 Å². The molecule has 0 saturated heterocycles. The Hall–Kier alpha value is -1.34. The Balaban J connectivity index is 2.34. The Labute approximate surface area is 131 Å². The summed E-state index contributed by atoms with van der Waals surface area (Å²) in [6.07, 6.45) is 0.877. The highest BCUT2D eigenvalue weighted by Gasteiger charge is 2.23. The van der Waals surface area contributed by atoms with E-state index in [2.05, 4.69) is 0 Å². The van der Waals surface area contributed by atoms with E-state index in [1.54, 1.807) is 24.3 Å². The molecule has 0 aliphatic carbocycles. The zero-order valence-electron chi connectivity index (χ0n) is 10.7. The third-order valence-corrected chi connectivity index (χ3v) is 4.90. The largest absolute Gasteiger partial charge is 0.291 e. The average molecular weight is 324 g/mol. The van der Waals surface area contributed by atoms with Gasteiger partial charge in [-0.15, -0.1) is 11.3 Å². The first-order chi connectivity index (χ1) is 9.56. The number of nitrogens with zero attached hydrogens (tertiary/aromatic N) is 1. The van der Waals surface area contributed by atoms with Crippen LogP contribution in [0.25, 0.3) is 0 Å². The van der Waals surface area contributed by atoms with Crippen molar-refractivity contribution in [1.82, 2.24) is 0 Å². The number of Topliss-reactive ketones (excluding diaryl/α,β-unsaturated/α-hetero) is 1. The van der Waals surface area contributed by atoms with Gasteiger partial charge in [-0.3, -0.25) is 4.79 Å². The number of carbonyl (C=O) groups excluding carboxylic acids is 1. The molecule has 2 aromatic rings. The predicted molar refractivity (Wildman–Crippen MR) is 82.8 cm³/mol. The molecule has 0 bridgehead atoms. The molecule has 0 radical (unpaired) electrons. The van der Waals surface area contributed by atoms with Crippen LogP contribution in [0.15, 0.2) is 30.3 Å². The van der Waals surface area contributed by atoms with Gasteiger partial charge in [0.05, 0.1) is 21.0 Å². The molecule has 0 fully saturated rings. The zero-order valence-corrected chi connectivity index (χ0v) is 13.0. The van der Waals surface area contributed by atoms with E-state index < -0.39 is 5.92 Å². The van der Waals surface area contributed by atoms with E-state index in [1.165, 1.54) is 11.3 Å². The molecule has 0 saturated carbocycles. The lowest BCUT2D eigenvalue weighted by Crippen LogP contribution is -2.09. The number of rotatable bonds is 4. The second-order valence-corrected chi connectivity index (χ2v) is 6.20. The summed E-state index contributed by atoms with van der Waals surface area (Å²) in [5.41, 5.74) is 0.568. The van der Waals surface area contributed by atoms with Crippen LogP contribution in [0, 0.1) is 11.3 Å². The van der Waals surface area contributed by atoms with Gasteiger partial charge in [-0.25, -0.2) is 0 Å². The van der Waals surface area contributed by atoms with E-state index in [-0.39, 0.29) is 5.78 Å². The van der Waals surface area contributed by atoms with Crippen LogP contribution >= 0.6 is 34.5 Å². The molecule has 0 aliphatic heterocycles. The van der Waals surface area contributed by atoms with Crippen molar-refractivity contribution in [2.24, 2.45) is 0 Å². The molecule has 1 aromatic heterocycles. The topological polar surface area (TPSA) is 40.9 Å². The summed E-state index contributed by atoms with van der Waals surface area (Å²) >= 11 is 13.2. The molecule has 1 unspecified atom stereocenters. The standard InChI is InChI=1S/C15H11Cl2NOS/c1-2-10-4-6-14(20-10)15(19)11(8-18)9-3-5-12(16)13(17)7-9/h3-7,11H,2H2,1H3. The summed E-state index contributed by atoms with van der Waals surface area (Å²) in [5, 5.41) is 10.0. The van der Waals surface area contributed by atoms with Crippen LogP contribution in [0.5, 0.6) is 0 Å². The van der Waals surface area contributed by atoms with E-state index in [1.807, 2.05) is 19.1 Å². The quantitative estimate of drug-likeness (QED) is 0.734. The van der Waals surface area contributed by atoms with Gasteiger partial charge >= 0.3 is 0 Å². The molecule has 1 atom stereocenters. The zero-order chi connectivity index (χ0) is 14.7. The fraction of sp³-hybridized carbons (Fsp3) is 0.200. The summed E-state index contributed by atoms with van der Waals surface area (Å²) < 4.78 is 0. The molecule has 102 valence electrons. The van der Waals surface area contributed by atoms with E-state index in [9.17, 15) is 10.1 Å². The van der Waals surface area contributed by atoms with Crippen molar-refractivity contribution in [3.8, 4) is 6.07 Å². The first kappa shape index (κ1) is 15.1. The van der Waals surface area contributed by atoms with Gasteiger partial charge in [-0.05, 0) is 36.2 Å². The van der Waals surface area contributed by atoms with Gasteiger partial charge in [-0.1, -0.05) is 36.2 Å². The van der Waals surface area contributed by atoms with Crippen molar-refractivity contribution in [3.05, 3.63) is 55.7 Å². The van der Waals surface area contributed by atoms with E-state index in [4.69, 9.17) is 23.2 Å². The van der Waals surface area contributed by atoms with Crippen molar-refractivity contribution in [2.45, 2.75) is 19.3 Å². The third-order valence-electron chi connectivity index (χ3n) is 2.92. The van der Waals surface area contributed by atoms with Crippen LogP contribution in [0.1, 0.15) is 33.0 Å². The highest BCUT2D eigenvalue weighted by atomic mass is 35.5. The third kappa shape index (κ3) is 3.04. The van der Waals surface area contributed by atoms with E-state index in [0.717, 1.165) is 11.3 Å². The van der Waals surface area contributed by atoms with Crippen molar-refractivity contribution in [2.75, 3.05) is 0 Å². The molecule has 1 heterocycles. The number of nitriles is 1. The fourth-order valence-corrected chi connectivity index (χ4v) is 3.04. The van der Waals surface area contributed by atoms with Crippen molar-refractivity contribution < 1.29 is 4.79 Å². The highest BCUT2D eigenvalue weighted by Crippen LogP contribution is 2.30. The number of thiophene rings is 1. The van der Waals surface area contributed by atoms with Crippen LogP contribution in [0.3, 0.4) is 0 Å². The second-order valence-electron chi connectivity index (χ2n) is 4.22. The number of hydrogen-bond donors (Lipinski definition) is 0. The molecule has 5 heteroatoms. The molecule has 2 nitrogen and oxygen atoms in total. The Kier molecular flexibility index (Phi) is 4.82. The molecule has 20 heavy (non-hydrogen) atoms. The van der Waals surface area contributed by atoms with Gasteiger partial charge in [0.25, 0.3) is 0 Å². The lowest BCUT2D eigenvalue weighted by Gasteiger charge is -2.08. The molecule has 0 N–H and O–H groups in total. The minimum atomic E-state index is -0.854. The lowest BCUT2D eigenvalue weighted by atomic mass is 9.95. The molecule has 0 aliphatic rings. The highest BCUT2D eigenvalue weighted by molar-refractivity contribution is 7.14. The normalized spacial score (nSPS) is 11.9. The molecular weight excluding hydrogens is 313 g/mol. The maximum Gasteiger partial charge on any atom is 0.194 e. The van der Waals surface area contributed by atoms with Gasteiger partial charge in [0, 0.05) is 4.88 Å². The Morgan fingerprint density at radius 1 is 1.30 bits per heavy atom.